The van der Waals surface area contributed by atoms with Gasteiger partial charge in [0.1, 0.15) is 24.2 Å². The molecule has 5 aromatic rings. The van der Waals surface area contributed by atoms with E-state index in [2.05, 4.69) is 55.4 Å². The number of aryl methyl sites for hydroxylation is 4. The minimum atomic E-state index is -0.941. The van der Waals surface area contributed by atoms with E-state index in [9.17, 15) is 33.6 Å². The maximum Gasteiger partial charge on any atom is 0.251 e. The molecule has 0 spiro atoms. The van der Waals surface area contributed by atoms with Gasteiger partial charge in [0.15, 0.2) is 0 Å². The van der Waals surface area contributed by atoms with Gasteiger partial charge >= 0.3 is 0 Å². The number of hydrogen-bond acceptors (Lipinski definition) is 9. The number of likely N-dealkylation sites (N-methyl/N-ethyl adjacent to an activating group) is 2. The number of benzene rings is 5. The van der Waals surface area contributed by atoms with E-state index in [1.54, 1.807) is 45.0 Å². The Hall–Kier alpha value is -7.69. The Balaban J connectivity index is 0.844. The summed E-state index contributed by atoms with van der Waals surface area (Å²) in [5.41, 5.74) is 9.32. The third kappa shape index (κ3) is 14.4. The van der Waals surface area contributed by atoms with E-state index in [1.807, 2.05) is 112 Å². The summed E-state index contributed by atoms with van der Waals surface area (Å²) in [6.45, 7) is 9.44. The Bertz CT molecular complexity index is 3160. The number of likely N-dealkylation sites (tertiary alicyclic amines) is 1. The van der Waals surface area contributed by atoms with Crippen molar-refractivity contribution in [1.29, 1.82) is 0 Å². The zero-order chi connectivity index (χ0) is 59.0. The first-order chi connectivity index (χ1) is 39.9. The SMILES string of the molecule is CNC(C)C(=O)NC(Cc1ccc(CCc2ccc(C(=O)NC3CC(C(=O)NC4CCCc5ccccc54)N(C(=O)C(NC(=O)C(C)NC)C(C)(C)C)C3)cc2)cc1)C(=O)N1Cc2ccccc2CC1C(=O)NC1CCCc2ccccc21. The fourth-order valence-corrected chi connectivity index (χ4v) is 12.3. The molecule has 0 radical (unpaired) electrons. The first-order valence-corrected chi connectivity index (χ1v) is 29.8. The molecule has 2 aliphatic heterocycles. The number of amides is 7. The molecular weight excluding hydrogens is 1040 g/mol. The monoisotopic (exact) mass is 1130 g/mol. The van der Waals surface area contributed by atoms with Crippen molar-refractivity contribution < 1.29 is 33.6 Å². The summed E-state index contributed by atoms with van der Waals surface area (Å²) < 4.78 is 0. The summed E-state index contributed by atoms with van der Waals surface area (Å²) >= 11 is 0. The van der Waals surface area contributed by atoms with Gasteiger partial charge in [-0.3, -0.25) is 33.6 Å². The molecule has 2 aliphatic carbocycles. The lowest BCUT2D eigenvalue weighted by molar-refractivity contribution is -0.145. The first kappa shape index (κ1) is 59.9. The van der Waals surface area contributed by atoms with E-state index in [0.717, 1.165) is 77.5 Å². The highest BCUT2D eigenvalue weighted by Gasteiger charge is 2.46. The van der Waals surface area contributed by atoms with Crippen LogP contribution in [0.1, 0.15) is 139 Å². The lowest BCUT2D eigenvalue weighted by Gasteiger charge is -2.39. The van der Waals surface area contributed by atoms with Crippen LogP contribution >= 0.6 is 0 Å². The van der Waals surface area contributed by atoms with Gasteiger partial charge in [0, 0.05) is 37.5 Å². The van der Waals surface area contributed by atoms with Gasteiger partial charge in [0.05, 0.1) is 24.2 Å². The topological polar surface area (TPSA) is 210 Å². The van der Waals surface area contributed by atoms with Crippen LogP contribution < -0.4 is 37.2 Å². The summed E-state index contributed by atoms with van der Waals surface area (Å²) in [5, 5.41) is 21.6. The smallest absolute Gasteiger partial charge is 0.251 e. The third-order valence-corrected chi connectivity index (χ3v) is 17.5. The van der Waals surface area contributed by atoms with E-state index < -0.39 is 47.7 Å². The number of rotatable bonds is 19. The van der Waals surface area contributed by atoms with Crippen LogP contribution in [0.4, 0.5) is 0 Å². The molecule has 16 nitrogen and oxygen atoms in total. The maximum atomic E-state index is 15.0. The molecule has 4 aliphatic rings. The van der Waals surface area contributed by atoms with Crippen LogP contribution in [-0.4, -0.2) is 114 Å². The minimum Gasteiger partial charge on any atom is -0.347 e. The number of carbonyl (C=O) groups excluding carboxylic acids is 7. The molecule has 1 saturated heterocycles. The Morgan fingerprint density at radius 2 is 1.05 bits per heavy atom. The molecule has 83 heavy (non-hydrogen) atoms. The van der Waals surface area contributed by atoms with Gasteiger partial charge in [-0.2, -0.15) is 0 Å². The summed E-state index contributed by atoms with van der Waals surface area (Å²) in [7, 11) is 3.37. The Kier molecular flexibility index (Phi) is 19.3. The molecule has 9 unspecified atom stereocenters. The van der Waals surface area contributed by atoms with Crippen LogP contribution in [0.5, 0.6) is 0 Å². The molecule has 7 amide bonds. The molecule has 9 atom stereocenters. The van der Waals surface area contributed by atoms with Gasteiger partial charge < -0.3 is 47.0 Å². The van der Waals surface area contributed by atoms with Crippen molar-refractivity contribution in [2.45, 2.75) is 166 Å². The lowest BCUT2D eigenvalue weighted by atomic mass is 9.85. The Morgan fingerprint density at radius 3 is 1.60 bits per heavy atom. The highest BCUT2D eigenvalue weighted by molar-refractivity contribution is 5.97. The molecule has 7 N–H and O–H groups in total. The average molecular weight is 1130 g/mol. The number of carbonyl (C=O) groups is 7. The van der Waals surface area contributed by atoms with Crippen LogP contribution in [0.3, 0.4) is 0 Å². The van der Waals surface area contributed by atoms with Crippen LogP contribution in [-0.2, 0) is 73.8 Å². The van der Waals surface area contributed by atoms with Crippen LogP contribution in [0.2, 0.25) is 0 Å². The van der Waals surface area contributed by atoms with Gasteiger partial charge in [-0.25, -0.2) is 0 Å². The molecule has 16 heteroatoms. The van der Waals surface area contributed by atoms with E-state index in [1.165, 1.54) is 16.0 Å². The fourth-order valence-electron chi connectivity index (χ4n) is 12.3. The van der Waals surface area contributed by atoms with E-state index >= 15 is 0 Å². The normalized spacial score (nSPS) is 20.7. The van der Waals surface area contributed by atoms with Crippen molar-refractivity contribution in [1.82, 2.24) is 47.0 Å². The summed E-state index contributed by atoms with van der Waals surface area (Å²) in [6.07, 6.45) is 7.54. The largest absolute Gasteiger partial charge is 0.347 e. The maximum absolute atomic E-state index is 15.0. The summed E-state index contributed by atoms with van der Waals surface area (Å²) in [5.74, 6) is -2.17. The molecular formula is C67H83N9O7. The molecule has 1 fully saturated rings. The van der Waals surface area contributed by atoms with Gasteiger partial charge in [-0.05, 0) is 153 Å². The van der Waals surface area contributed by atoms with Crippen molar-refractivity contribution in [3.05, 3.63) is 177 Å². The van der Waals surface area contributed by atoms with Gasteiger partial charge in [0.2, 0.25) is 35.4 Å². The average Bonchev–Trinajstić information content (AvgIpc) is 3.99. The molecule has 0 bridgehead atoms. The Morgan fingerprint density at radius 1 is 0.554 bits per heavy atom. The second-order valence-corrected chi connectivity index (χ2v) is 24.3. The quantitative estimate of drug-likeness (QED) is 0.0495. The molecule has 438 valence electrons. The predicted molar refractivity (Wildman–Crippen MR) is 321 cm³/mol. The van der Waals surface area contributed by atoms with E-state index in [4.69, 9.17) is 0 Å². The van der Waals surface area contributed by atoms with Crippen molar-refractivity contribution >= 4 is 41.4 Å². The summed E-state index contributed by atoms with van der Waals surface area (Å²) in [6, 6.07) is 34.2. The van der Waals surface area contributed by atoms with E-state index in [-0.39, 0.29) is 79.4 Å². The third-order valence-electron chi connectivity index (χ3n) is 17.5. The highest BCUT2D eigenvalue weighted by atomic mass is 16.2. The van der Waals surface area contributed by atoms with Crippen molar-refractivity contribution in [3.8, 4) is 0 Å². The second-order valence-electron chi connectivity index (χ2n) is 24.3. The standard InChI is InChI=1S/C67H83N9O7/c1-41(68-6)60(77)73-56(65(82)75-39-50-19-9-8-18-49(50)37-57(75)63(80)71-54-24-14-20-46-16-10-12-22-52(46)54)36-45-30-28-43(29-31-45)26-27-44-32-34-48(35-33-44)62(79)70-51-38-58(64(81)72-55-25-15-21-47-17-11-13-23-53(47)55)76(40-51)66(83)59(67(3,4)5)74-61(78)42(2)69-7/h8-13,16-19,22-23,28-35,41-42,51,54-59,68-69H,14-15,20-21,24-27,36-40H2,1-7H3,(H,70,79)(H,71,80)(H,72,81)(H,73,77)(H,74,78). The Labute approximate surface area is 489 Å². The number of nitrogens with one attached hydrogen (secondary N) is 7. The van der Waals surface area contributed by atoms with E-state index in [0.29, 0.717) is 24.8 Å². The van der Waals surface area contributed by atoms with Crippen LogP contribution in [0, 0.1) is 5.41 Å². The zero-order valence-electron chi connectivity index (χ0n) is 49.2. The molecule has 2 heterocycles. The second kappa shape index (κ2) is 26.7. The van der Waals surface area contributed by atoms with Gasteiger partial charge in [-0.15, -0.1) is 0 Å². The van der Waals surface area contributed by atoms with Gasteiger partial charge in [0.25, 0.3) is 5.91 Å². The molecule has 0 aromatic heterocycles. The summed E-state index contributed by atoms with van der Waals surface area (Å²) in [4.78, 5) is 102. The predicted octanol–water partition coefficient (Wildman–Crippen LogP) is 6.29. The van der Waals surface area contributed by atoms with Crippen molar-refractivity contribution in [3.63, 3.8) is 0 Å². The number of nitrogens with zero attached hydrogens (tertiary/aromatic N) is 2. The lowest BCUT2D eigenvalue weighted by Crippen LogP contribution is -2.59. The zero-order valence-corrected chi connectivity index (χ0v) is 49.2. The van der Waals surface area contributed by atoms with Crippen LogP contribution in [0.15, 0.2) is 121 Å². The molecule has 5 aromatic carbocycles. The number of hydrogen-bond donors (Lipinski definition) is 7. The van der Waals surface area contributed by atoms with Gasteiger partial charge in [-0.1, -0.05) is 130 Å². The molecule has 0 saturated carbocycles. The highest BCUT2D eigenvalue weighted by Crippen LogP contribution is 2.34. The van der Waals surface area contributed by atoms with Crippen molar-refractivity contribution in [2.24, 2.45) is 5.41 Å². The minimum absolute atomic E-state index is 0.0924. The first-order valence-electron chi connectivity index (χ1n) is 29.8. The number of fused-ring (bicyclic) bond motifs is 3. The molecule has 9 rings (SSSR count). The van der Waals surface area contributed by atoms with Crippen LogP contribution in [0.25, 0.3) is 0 Å². The van der Waals surface area contributed by atoms with Crippen molar-refractivity contribution in [2.75, 3.05) is 20.6 Å². The fraction of sp³-hybridized carbons (Fsp3) is 0.448.